The summed E-state index contributed by atoms with van der Waals surface area (Å²) in [6, 6.07) is 6.14. The number of hydrogen-bond acceptors (Lipinski definition) is 3. The van der Waals surface area contributed by atoms with Crippen LogP contribution in [0.2, 0.25) is 0 Å². The largest absolute Gasteiger partial charge is 0.447 e. The van der Waals surface area contributed by atoms with Crippen LogP contribution in [0, 0.1) is 11.7 Å². The number of nitrogens with zero attached hydrogens (tertiary/aromatic N) is 1. The Hall–Kier alpha value is -2.11. The zero-order valence-electron chi connectivity index (χ0n) is 12.3. The van der Waals surface area contributed by atoms with Crippen molar-refractivity contribution in [2.24, 2.45) is 5.92 Å². The van der Waals surface area contributed by atoms with E-state index in [2.05, 4.69) is 5.32 Å². The first-order valence-electron chi connectivity index (χ1n) is 7.58. The molecule has 2 heterocycles. The number of hydrogen-bond donors (Lipinski definition) is 1. The molecule has 2 saturated heterocycles. The van der Waals surface area contributed by atoms with E-state index in [-0.39, 0.29) is 18.3 Å². The van der Waals surface area contributed by atoms with E-state index in [1.54, 1.807) is 17.0 Å². The van der Waals surface area contributed by atoms with E-state index in [1.165, 1.54) is 6.07 Å². The second-order valence-electron chi connectivity index (χ2n) is 5.90. The Labute approximate surface area is 128 Å². The standard InChI is InChI=1S/C16H19FN2O3/c17-13-3-1-2-12(9-13)8-11-4-6-19(7-5-11)15(20)14-10-22-16(21)18-14/h1-3,9,11,14H,4-8,10H2,(H,18,21). The van der Waals surface area contributed by atoms with Gasteiger partial charge in [0.15, 0.2) is 0 Å². The highest BCUT2D eigenvalue weighted by atomic mass is 19.1. The first kappa shape index (κ1) is 14.8. The van der Waals surface area contributed by atoms with Gasteiger partial charge in [0.05, 0.1) is 0 Å². The molecule has 2 fully saturated rings. The highest BCUT2D eigenvalue weighted by molar-refractivity contribution is 5.87. The predicted octanol–water partition coefficient (Wildman–Crippen LogP) is 1.72. The van der Waals surface area contributed by atoms with E-state index in [4.69, 9.17) is 4.74 Å². The SMILES string of the molecule is O=C1NC(C(=O)N2CCC(Cc3cccc(F)c3)CC2)CO1. The molecule has 22 heavy (non-hydrogen) atoms. The molecule has 1 aromatic rings. The minimum Gasteiger partial charge on any atom is -0.447 e. The molecule has 0 saturated carbocycles. The molecule has 2 aliphatic heterocycles. The van der Waals surface area contributed by atoms with Crippen LogP contribution in [0.4, 0.5) is 9.18 Å². The molecule has 1 N–H and O–H groups in total. The molecule has 0 bridgehead atoms. The maximum atomic E-state index is 13.2. The number of amides is 2. The van der Waals surface area contributed by atoms with Crippen molar-refractivity contribution in [1.82, 2.24) is 10.2 Å². The maximum absolute atomic E-state index is 13.2. The number of carbonyl (C=O) groups excluding carboxylic acids is 2. The first-order valence-corrected chi connectivity index (χ1v) is 7.58. The van der Waals surface area contributed by atoms with Crippen molar-refractivity contribution in [3.8, 4) is 0 Å². The minimum absolute atomic E-state index is 0.0740. The normalized spacial score (nSPS) is 22.3. The van der Waals surface area contributed by atoms with Gasteiger partial charge in [-0.15, -0.1) is 0 Å². The molecule has 118 valence electrons. The van der Waals surface area contributed by atoms with Crippen LogP contribution in [0.25, 0.3) is 0 Å². The molecule has 5 nitrogen and oxygen atoms in total. The lowest BCUT2D eigenvalue weighted by atomic mass is 9.90. The summed E-state index contributed by atoms with van der Waals surface area (Å²) >= 11 is 0. The molecule has 0 aromatic heterocycles. The van der Waals surface area contributed by atoms with E-state index in [1.807, 2.05) is 6.07 Å². The zero-order chi connectivity index (χ0) is 15.5. The van der Waals surface area contributed by atoms with Gasteiger partial charge in [-0.1, -0.05) is 12.1 Å². The summed E-state index contributed by atoms with van der Waals surface area (Å²) in [6.07, 6.45) is 2.09. The van der Waals surface area contributed by atoms with Gasteiger partial charge in [-0.25, -0.2) is 9.18 Å². The van der Waals surface area contributed by atoms with Crippen molar-refractivity contribution >= 4 is 12.0 Å². The predicted molar refractivity (Wildman–Crippen MR) is 77.7 cm³/mol. The number of carbonyl (C=O) groups is 2. The smallest absolute Gasteiger partial charge is 0.407 e. The van der Waals surface area contributed by atoms with Crippen molar-refractivity contribution in [3.63, 3.8) is 0 Å². The maximum Gasteiger partial charge on any atom is 0.407 e. The Balaban J connectivity index is 1.50. The van der Waals surface area contributed by atoms with Gasteiger partial charge in [0.2, 0.25) is 5.91 Å². The van der Waals surface area contributed by atoms with E-state index < -0.39 is 12.1 Å². The second kappa shape index (κ2) is 6.34. The summed E-state index contributed by atoms with van der Waals surface area (Å²) in [5.41, 5.74) is 1.00. The van der Waals surface area contributed by atoms with E-state index in [9.17, 15) is 14.0 Å². The van der Waals surface area contributed by atoms with Crippen molar-refractivity contribution in [3.05, 3.63) is 35.6 Å². The number of ether oxygens (including phenoxy) is 1. The van der Waals surface area contributed by atoms with Crippen molar-refractivity contribution in [2.75, 3.05) is 19.7 Å². The van der Waals surface area contributed by atoms with Crippen LogP contribution >= 0.6 is 0 Å². The zero-order valence-corrected chi connectivity index (χ0v) is 12.3. The first-order chi connectivity index (χ1) is 10.6. The van der Waals surface area contributed by atoms with Crippen LogP contribution in [-0.4, -0.2) is 42.6 Å². The van der Waals surface area contributed by atoms with Crippen LogP contribution in [0.1, 0.15) is 18.4 Å². The van der Waals surface area contributed by atoms with Gasteiger partial charge in [-0.05, 0) is 42.9 Å². The third kappa shape index (κ3) is 3.37. The fourth-order valence-electron chi connectivity index (χ4n) is 3.09. The Bertz CT molecular complexity index is 570. The molecule has 2 amide bonds. The van der Waals surface area contributed by atoms with Crippen LogP contribution in [0.15, 0.2) is 24.3 Å². The molecule has 1 unspecified atom stereocenters. The van der Waals surface area contributed by atoms with Gasteiger partial charge in [-0.2, -0.15) is 0 Å². The van der Waals surface area contributed by atoms with Crippen LogP contribution in [0.3, 0.4) is 0 Å². The lowest BCUT2D eigenvalue weighted by Crippen LogP contribution is -2.48. The average molecular weight is 306 g/mol. The molecule has 0 radical (unpaired) electrons. The number of rotatable bonds is 3. The monoisotopic (exact) mass is 306 g/mol. The lowest BCUT2D eigenvalue weighted by Gasteiger charge is -2.33. The number of likely N-dealkylation sites (tertiary alicyclic amines) is 1. The fraction of sp³-hybridized carbons (Fsp3) is 0.500. The Morgan fingerprint density at radius 2 is 2.14 bits per heavy atom. The Kier molecular flexibility index (Phi) is 4.27. The summed E-state index contributed by atoms with van der Waals surface area (Å²) in [5.74, 6) is 0.178. The van der Waals surface area contributed by atoms with Crippen molar-refractivity contribution in [2.45, 2.75) is 25.3 Å². The number of cyclic esters (lactones) is 1. The van der Waals surface area contributed by atoms with Gasteiger partial charge >= 0.3 is 6.09 Å². The molecule has 0 spiro atoms. The van der Waals surface area contributed by atoms with Crippen molar-refractivity contribution in [1.29, 1.82) is 0 Å². The summed E-state index contributed by atoms with van der Waals surface area (Å²) in [6.45, 7) is 1.46. The number of halogens is 1. The van der Waals surface area contributed by atoms with E-state index >= 15 is 0 Å². The number of benzene rings is 1. The topological polar surface area (TPSA) is 58.6 Å². The molecule has 3 rings (SSSR count). The second-order valence-corrected chi connectivity index (χ2v) is 5.90. The third-order valence-electron chi connectivity index (χ3n) is 4.31. The molecule has 6 heteroatoms. The summed E-state index contributed by atoms with van der Waals surface area (Å²) < 4.78 is 18.0. The molecular weight excluding hydrogens is 287 g/mol. The molecule has 0 aliphatic carbocycles. The summed E-state index contributed by atoms with van der Waals surface area (Å²) in [7, 11) is 0. The lowest BCUT2D eigenvalue weighted by molar-refractivity contribution is -0.134. The highest BCUT2D eigenvalue weighted by Gasteiger charge is 2.33. The van der Waals surface area contributed by atoms with Gasteiger partial charge < -0.3 is 15.0 Å². The van der Waals surface area contributed by atoms with Gasteiger partial charge in [0, 0.05) is 13.1 Å². The third-order valence-corrected chi connectivity index (χ3v) is 4.31. The van der Waals surface area contributed by atoms with Crippen LogP contribution < -0.4 is 5.32 Å². The Morgan fingerprint density at radius 3 is 2.77 bits per heavy atom. The number of piperidine rings is 1. The van der Waals surface area contributed by atoms with Gasteiger partial charge in [0.25, 0.3) is 0 Å². The van der Waals surface area contributed by atoms with Gasteiger partial charge in [-0.3, -0.25) is 4.79 Å². The minimum atomic E-state index is -0.549. The Morgan fingerprint density at radius 1 is 1.36 bits per heavy atom. The summed E-state index contributed by atoms with van der Waals surface area (Å²) in [4.78, 5) is 25.0. The fourth-order valence-corrected chi connectivity index (χ4v) is 3.09. The highest BCUT2D eigenvalue weighted by Crippen LogP contribution is 2.22. The average Bonchev–Trinajstić information content (AvgIpc) is 2.94. The number of alkyl carbamates (subject to hydrolysis) is 1. The molecular formula is C16H19FN2O3. The van der Waals surface area contributed by atoms with E-state index in [0.29, 0.717) is 19.0 Å². The van der Waals surface area contributed by atoms with Crippen LogP contribution in [-0.2, 0) is 16.0 Å². The quantitative estimate of drug-likeness (QED) is 0.925. The summed E-state index contributed by atoms with van der Waals surface area (Å²) in [5, 5.41) is 2.51. The van der Waals surface area contributed by atoms with Gasteiger partial charge in [0.1, 0.15) is 18.5 Å². The van der Waals surface area contributed by atoms with Crippen LogP contribution in [0.5, 0.6) is 0 Å². The molecule has 1 atom stereocenters. The number of nitrogens with one attached hydrogen (secondary N) is 1. The molecule has 1 aromatic carbocycles. The van der Waals surface area contributed by atoms with E-state index in [0.717, 1.165) is 24.8 Å². The van der Waals surface area contributed by atoms with Crippen molar-refractivity contribution < 1.29 is 18.7 Å². The molecule has 2 aliphatic rings.